The van der Waals surface area contributed by atoms with Crippen LogP contribution in [0.15, 0.2) is 12.7 Å². The maximum absolute atomic E-state index is 10.6. The number of hydrogen-bond donors (Lipinski definition) is 1. The first-order chi connectivity index (χ1) is 5.81. The van der Waals surface area contributed by atoms with Crippen molar-refractivity contribution in [1.82, 2.24) is 0 Å². The lowest BCUT2D eigenvalue weighted by Crippen LogP contribution is -2.84. The average molecular weight is 172 g/mol. The molecule has 0 unspecified atom stereocenters. The highest BCUT2D eigenvalue weighted by molar-refractivity contribution is 5.81. The van der Waals surface area contributed by atoms with Crippen molar-refractivity contribution in [2.75, 3.05) is 19.7 Å². The molecule has 12 heavy (non-hydrogen) atoms. The van der Waals surface area contributed by atoms with E-state index in [1.165, 1.54) is 12.5 Å². The van der Waals surface area contributed by atoms with Crippen LogP contribution in [0.2, 0.25) is 0 Å². The summed E-state index contributed by atoms with van der Waals surface area (Å²) in [6.45, 7) is 8.13. The predicted molar refractivity (Wildman–Crippen MR) is 47.7 cm³/mol. The van der Waals surface area contributed by atoms with Crippen molar-refractivity contribution in [3.8, 4) is 0 Å². The number of carbonyl (C=O) groups excluding carboxylic acids is 1. The maximum atomic E-state index is 10.6. The predicted octanol–water partition coefficient (Wildman–Crippen LogP) is 0.0791. The van der Waals surface area contributed by atoms with E-state index in [4.69, 9.17) is 4.74 Å². The molecule has 0 aromatic carbocycles. The molecule has 0 aliphatic heterocycles. The molecule has 0 radical (unpaired) electrons. The van der Waals surface area contributed by atoms with Gasteiger partial charge >= 0.3 is 5.97 Å². The van der Waals surface area contributed by atoms with Gasteiger partial charge in [-0.25, -0.2) is 4.79 Å². The molecule has 0 aromatic rings. The van der Waals surface area contributed by atoms with Crippen LogP contribution in [-0.2, 0) is 9.53 Å². The van der Waals surface area contributed by atoms with Gasteiger partial charge in [-0.15, -0.1) is 0 Å². The van der Waals surface area contributed by atoms with Crippen LogP contribution in [-0.4, -0.2) is 25.7 Å². The van der Waals surface area contributed by atoms with E-state index >= 15 is 0 Å². The first kappa shape index (κ1) is 11.2. The molecular formula is C9H18NO2+. The van der Waals surface area contributed by atoms with Crippen LogP contribution in [0.5, 0.6) is 0 Å². The van der Waals surface area contributed by atoms with E-state index in [9.17, 15) is 4.79 Å². The molecule has 70 valence electrons. The van der Waals surface area contributed by atoms with Crippen LogP contribution in [0.3, 0.4) is 0 Å². The summed E-state index contributed by atoms with van der Waals surface area (Å²) in [6, 6.07) is 0. The third-order valence-electron chi connectivity index (χ3n) is 1.46. The second kappa shape index (κ2) is 8.27. The minimum atomic E-state index is -0.328. The van der Waals surface area contributed by atoms with Crippen molar-refractivity contribution in [1.29, 1.82) is 0 Å². The molecular weight excluding hydrogens is 154 g/mol. The Balaban J connectivity index is 3.00. The number of nitrogens with two attached hydrogens (primary N) is 1. The van der Waals surface area contributed by atoms with E-state index in [1.54, 1.807) is 0 Å². The normalized spacial score (nSPS) is 9.42. The smallest absolute Gasteiger partial charge is 0.330 e. The van der Waals surface area contributed by atoms with Gasteiger partial charge in [0, 0.05) is 12.5 Å². The van der Waals surface area contributed by atoms with Crippen molar-refractivity contribution in [3.63, 3.8) is 0 Å². The van der Waals surface area contributed by atoms with Crippen LogP contribution in [0.1, 0.15) is 19.8 Å². The van der Waals surface area contributed by atoms with Gasteiger partial charge in [0.2, 0.25) is 0 Å². The summed E-state index contributed by atoms with van der Waals surface area (Å²) in [7, 11) is 0. The lowest BCUT2D eigenvalue weighted by Gasteiger charge is -2.00. The van der Waals surface area contributed by atoms with Crippen LogP contribution in [0.25, 0.3) is 0 Å². The van der Waals surface area contributed by atoms with Crippen molar-refractivity contribution in [2.24, 2.45) is 0 Å². The summed E-state index contributed by atoms with van der Waals surface area (Å²) >= 11 is 0. The molecule has 0 aliphatic carbocycles. The number of hydrogen-bond acceptors (Lipinski definition) is 2. The first-order valence-electron chi connectivity index (χ1n) is 4.42. The van der Waals surface area contributed by atoms with Gasteiger partial charge in [-0.05, 0) is 6.42 Å². The van der Waals surface area contributed by atoms with Gasteiger partial charge in [0.15, 0.2) is 0 Å². The van der Waals surface area contributed by atoms with E-state index in [0.717, 1.165) is 19.5 Å². The number of ether oxygens (including phenoxy) is 1. The minimum Gasteiger partial charge on any atom is -0.462 e. The van der Waals surface area contributed by atoms with Gasteiger partial charge in [0.05, 0.1) is 19.7 Å². The summed E-state index contributed by atoms with van der Waals surface area (Å²) < 4.78 is 4.79. The third-order valence-corrected chi connectivity index (χ3v) is 1.46. The number of quaternary nitrogens is 1. The fourth-order valence-electron chi connectivity index (χ4n) is 0.808. The quantitative estimate of drug-likeness (QED) is 0.336. The molecule has 0 heterocycles. The molecule has 0 amide bonds. The van der Waals surface area contributed by atoms with Crippen molar-refractivity contribution in [2.45, 2.75) is 19.8 Å². The molecule has 0 rings (SSSR count). The van der Waals surface area contributed by atoms with E-state index in [2.05, 4.69) is 18.8 Å². The number of rotatable bonds is 7. The summed E-state index contributed by atoms with van der Waals surface area (Å²) in [4.78, 5) is 10.6. The molecule has 3 heteroatoms. The van der Waals surface area contributed by atoms with E-state index < -0.39 is 0 Å². The Morgan fingerprint density at radius 1 is 1.58 bits per heavy atom. The van der Waals surface area contributed by atoms with Crippen molar-refractivity contribution in [3.05, 3.63) is 12.7 Å². The Kier molecular flexibility index (Phi) is 7.70. The maximum Gasteiger partial charge on any atom is 0.330 e. The lowest BCUT2D eigenvalue weighted by atomic mass is 10.4. The van der Waals surface area contributed by atoms with Gasteiger partial charge in [-0.2, -0.15) is 0 Å². The highest BCUT2D eigenvalue weighted by Crippen LogP contribution is 1.81. The number of esters is 1. The standard InChI is InChI=1S/C9H17NO2/c1-3-6-10-7-5-8-12-9(11)4-2/h4,10H,2-3,5-8H2,1H3/p+1. The summed E-state index contributed by atoms with van der Waals surface area (Å²) in [6.07, 6.45) is 3.29. The highest BCUT2D eigenvalue weighted by atomic mass is 16.5. The van der Waals surface area contributed by atoms with Gasteiger partial charge in [-0.1, -0.05) is 13.5 Å². The van der Waals surface area contributed by atoms with Crippen molar-refractivity contribution >= 4 is 5.97 Å². The molecule has 0 aliphatic rings. The molecule has 0 spiro atoms. The third kappa shape index (κ3) is 7.28. The zero-order chi connectivity index (χ0) is 9.23. The van der Waals surface area contributed by atoms with Crippen molar-refractivity contribution < 1.29 is 14.8 Å². The lowest BCUT2D eigenvalue weighted by molar-refractivity contribution is -0.655. The first-order valence-corrected chi connectivity index (χ1v) is 4.42. The number of carbonyl (C=O) groups is 1. The van der Waals surface area contributed by atoms with E-state index in [-0.39, 0.29) is 5.97 Å². The topological polar surface area (TPSA) is 42.9 Å². The van der Waals surface area contributed by atoms with E-state index in [0.29, 0.717) is 6.61 Å². The van der Waals surface area contributed by atoms with Crippen LogP contribution >= 0.6 is 0 Å². The Labute approximate surface area is 73.8 Å². The van der Waals surface area contributed by atoms with E-state index in [1.807, 2.05) is 0 Å². The largest absolute Gasteiger partial charge is 0.462 e. The second-order valence-corrected chi connectivity index (χ2v) is 2.59. The average Bonchev–Trinajstić information content (AvgIpc) is 2.10. The molecule has 3 nitrogen and oxygen atoms in total. The SMILES string of the molecule is C=CC(=O)OCCC[NH2+]CCC. The summed E-state index contributed by atoms with van der Waals surface area (Å²) in [5.41, 5.74) is 0. The molecule has 0 atom stereocenters. The minimum absolute atomic E-state index is 0.328. The van der Waals surface area contributed by atoms with Gasteiger partial charge in [0.1, 0.15) is 0 Å². The van der Waals surface area contributed by atoms with Gasteiger partial charge in [0.25, 0.3) is 0 Å². The zero-order valence-electron chi connectivity index (χ0n) is 7.71. The van der Waals surface area contributed by atoms with Gasteiger partial charge in [-0.3, -0.25) is 0 Å². The van der Waals surface area contributed by atoms with Gasteiger partial charge < -0.3 is 10.1 Å². The molecule has 0 fully saturated rings. The second-order valence-electron chi connectivity index (χ2n) is 2.59. The monoisotopic (exact) mass is 172 g/mol. The Morgan fingerprint density at radius 3 is 2.92 bits per heavy atom. The highest BCUT2D eigenvalue weighted by Gasteiger charge is 1.95. The fraction of sp³-hybridized carbons (Fsp3) is 0.667. The molecule has 0 aromatic heterocycles. The molecule has 0 saturated heterocycles. The molecule has 0 bridgehead atoms. The Morgan fingerprint density at radius 2 is 2.33 bits per heavy atom. The van der Waals surface area contributed by atoms with Crippen LogP contribution < -0.4 is 5.32 Å². The van der Waals surface area contributed by atoms with Crippen LogP contribution in [0.4, 0.5) is 0 Å². The fourth-order valence-corrected chi connectivity index (χ4v) is 0.808. The summed E-state index contributed by atoms with van der Waals surface area (Å²) in [5, 5.41) is 2.22. The van der Waals surface area contributed by atoms with Crippen LogP contribution in [0, 0.1) is 0 Å². The Hall–Kier alpha value is -0.830. The molecule has 2 N–H and O–H groups in total. The molecule has 0 saturated carbocycles. The zero-order valence-corrected chi connectivity index (χ0v) is 7.71. The Bertz CT molecular complexity index is 134. The summed E-state index contributed by atoms with van der Waals surface area (Å²) in [5.74, 6) is -0.328.